The minimum atomic E-state index is -0.416. The van der Waals surface area contributed by atoms with Crippen molar-refractivity contribution in [3.63, 3.8) is 0 Å². The van der Waals surface area contributed by atoms with Crippen molar-refractivity contribution in [1.82, 2.24) is 0 Å². The molecule has 0 aliphatic rings. The van der Waals surface area contributed by atoms with Crippen LogP contribution in [-0.2, 0) is 6.61 Å². The highest BCUT2D eigenvalue weighted by Gasteiger charge is 2.07. The average Bonchev–Trinajstić information content (AvgIpc) is 2.38. The Kier molecular flexibility index (Phi) is 3.88. The Labute approximate surface area is 115 Å². The molecule has 0 radical (unpaired) electrons. The quantitative estimate of drug-likeness (QED) is 0.873. The van der Waals surface area contributed by atoms with Crippen LogP contribution in [0.2, 0.25) is 5.02 Å². The summed E-state index contributed by atoms with van der Waals surface area (Å²) in [5, 5.41) is 9.30. The smallest absolute Gasteiger partial charge is 0.138 e. The van der Waals surface area contributed by atoms with Crippen LogP contribution in [0.4, 0.5) is 10.1 Å². The fourth-order valence-electron chi connectivity index (χ4n) is 1.58. The maximum absolute atomic E-state index is 13.1. The highest BCUT2D eigenvalue weighted by molar-refractivity contribution is 6.32. The van der Waals surface area contributed by atoms with Gasteiger partial charge in [0, 0.05) is 11.3 Å². The molecule has 0 unspecified atom stereocenters. The second kappa shape index (κ2) is 5.59. The van der Waals surface area contributed by atoms with Crippen molar-refractivity contribution in [2.45, 2.75) is 6.61 Å². The van der Waals surface area contributed by atoms with E-state index in [1.807, 2.05) is 6.07 Å². The fraction of sp³-hybridized carbons (Fsp3) is 0.0714. The summed E-state index contributed by atoms with van der Waals surface area (Å²) in [5.74, 6) is 0.0185. The summed E-state index contributed by atoms with van der Waals surface area (Å²) in [6, 6.07) is 10.7. The number of rotatable bonds is 3. The van der Waals surface area contributed by atoms with Gasteiger partial charge in [0.1, 0.15) is 18.2 Å². The molecule has 0 spiro atoms. The van der Waals surface area contributed by atoms with Crippen LogP contribution in [0.15, 0.2) is 36.4 Å². The van der Waals surface area contributed by atoms with Gasteiger partial charge >= 0.3 is 0 Å². The molecule has 96 valence electrons. The van der Waals surface area contributed by atoms with Crippen molar-refractivity contribution in [1.29, 1.82) is 5.26 Å². The Morgan fingerprint density at radius 3 is 2.74 bits per heavy atom. The van der Waals surface area contributed by atoms with Crippen LogP contribution in [0.25, 0.3) is 0 Å². The zero-order valence-electron chi connectivity index (χ0n) is 9.86. The summed E-state index contributed by atoms with van der Waals surface area (Å²) in [7, 11) is 0. The third-order valence-corrected chi connectivity index (χ3v) is 2.82. The van der Waals surface area contributed by atoms with E-state index in [4.69, 9.17) is 27.3 Å². The maximum Gasteiger partial charge on any atom is 0.138 e. The second-order valence-electron chi connectivity index (χ2n) is 3.89. The number of nitriles is 1. The summed E-state index contributed by atoms with van der Waals surface area (Å²) in [6.07, 6.45) is 0. The molecule has 2 aromatic carbocycles. The lowest BCUT2D eigenvalue weighted by atomic mass is 10.1. The molecule has 2 N–H and O–H groups in total. The van der Waals surface area contributed by atoms with E-state index in [1.165, 1.54) is 18.2 Å². The molecule has 0 aromatic heterocycles. The number of hydrogen-bond donors (Lipinski definition) is 1. The van der Waals surface area contributed by atoms with Crippen LogP contribution >= 0.6 is 11.6 Å². The van der Waals surface area contributed by atoms with Crippen LogP contribution in [0.3, 0.4) is 0 Å². The standard InChI is InChI=1S/C14H10ClFN2O/c15-13-6-12(18)3-4-14(13)19-8-10-5-11(16)2-1-9(10)7-17/h1-6H,8,18H2. The van der Waals surface area contributed by atoms with Crippen molar-refractivity contribution >= 4 is 17.3 Å². The molecule has 0 amide bonds. The number of halogens is 2. The van der Waals surface area contributed by atoms with E-state index in [2.05, 4.69) is 0 Å². The van der Waals surface area contributed by atoms with E-state index in [9.17, 15) is 4.39 Å². The Morgan fingerprint density at radius 1 is 1.26 bits per heavy atom. The van der Waals surface area contributed by atoms with Gasteiger partial charge in [-0.2, -0.15) is 5.26 Å². The lowest BCUT2D eigenvalue weighted by Crippen LogP contribution is -2.00. The number of anilines is 1. The maximum atomic E-state index is 13.1. The SMILES string of the molecule is N#Cc1ccc(F)cc1COc1ccc(N)cc1Cl. The van der Waals surface area contributed by atoms with Crippen LogP contribution in [0, 0.1) is 17.1 Å². The predicted molar refractivity (Wildman–Crippen MR) is 71.3 cm³/mol. The third-order valence-electron chi connectivity index (χ3n) is 2.53. The van der Waals surface area contributed by atoms with Gasteiger partial charge in [-0.25, -0.2) is 4.39 Å². The van der Waals surface area contributed by atoms with Crippen molar-refractivity contribution in [2.75, 3.05) is 5.73 Å². The number of nitrogens with two attached hydrogens (primary N) is 1. The first-order valence-electron chi connectivity index (χ1n) is 5.46. The molecule has 0 saturated heterocycles. The second-order valence-corrected chi connectivity index (χ2v) is 4.30. The van der Waals surface area contributed by atoms with Gasteiger partial charge in [0.05, 0.1) is 16.7 Å². The van der Waals surface area contributed by atoms with Gasteiger partial charge in [-0.3, -0.25) is 0 Å². The monoisotopic (exact) mass is 276 g/mol. The minimum Gasteiger partial charge on any atom is -0.487 e. The predicted octanol–water partition coefficient (Wildman–Crippen LogP) is 3.51. The number of nitrogen functional groups attached to an aromatic ring is 1. The molecule has 3 nitrogen and oxygen atoms in total. The Balaban J connectivity index is 2.19. The van der Waals surface area contributed by atoms with Gasteiger partial charge in [0.15, 0.2) is 0 Å². The normalized spacial score (nSPS) is 9.95. The first kappa shape index (κ1) is 13.2. The molecule has 0 bridgehead atoms. The Hall–Kier alpha value is -2.25. The lowest BCUT2D eigenvalue weighted by Gasteiger charge is -2.09. The highest BCUT2D eigenvalue weighted by Crippen LogP contribution is 2.27. The van der Waals surface area contributed by atoms with Gasteiger partial charge in [-0.1, -0.05) is 11.6 Å². The van der Waals surface area contributed by atoms with Crippen LogP contribution in [0.1, 0.15) is 11.1 Å². The summed E-state index contributed by atoms with van der Waals surface area (Å²) in [4.78, 5) is 0. The van der Waals surface area contributed by atoms with Crippen LogP contribution in [0.5, 0.6) is 5.75 Å². The minimum absolute atomic E-state index is 0.0598. The molecule has 5 heteroatoms. The lowest BCUT2D eigenvalue weighted by molar-refractivity contribution is 0.305. The molecule has 0 saturated carbocycles. The summed E-state index contributed by atoms with van der Waals surface area (Å²) in [6.45, 7) is 0.0598. The Bertz CT molecular complexity index is 652. The van der Waals surface area contributed by atoms with E-state index in [-0.39, 0.29) is 6.61 Å². The fourth-order valence-corrected chi connectivity index (χ4v) is 1.82. The van der Waals surface area contributed by atoms with E-state index in [1.54, 1.807) is 18.2 Å². The third kappa shape index (κ3) is 3.15. The first-order chi connectivity index (χ1) is 9.10. The molecule has 19 heavy (non-hydrogen) atoms. The molecule has 0 fully saturated rings. The first-order valence-corrected chi connectivity index (χ1v) is 5.84. The van der Waals surface area contributed by atoms with E-state index in [0.29, 0.717) is 27.6 Å². The highest BCUT2D eigenvalue weighted by atomic mass is 35.5. The number of hydrogen-bond acceptors (Lipinski definition) is 3. The topological polar surface area (TPSA) is 59.0 Å². The zero-order chi connectivity index (χ0) is 13.8. The van der Waals surface area contributed by atoms with E-state index >= 15 is 0 Å². The Morgan fingerprint density at radius 2 is 2.05 bits per heavy atom. The summed E-state index contributed by atoms with van der Waals surface area (Å²) < 4.78 is 18.6. The molecule has 0 aliphatic heterocycles. The van der Waals surface area contributed by atoms with Crippen LogP contribution in [-0.4, -0.2) is 0 Å². The van der Waals surface area contributed by atoms with Crippen molar-refractivity contribution in [3.05, 3.63) is 58.4 Å². The van der Waals surface area contributed by atoms with Crippen molar-refractivity contribution < 1.29 is 9.13 Å². The van der Waals surface area contributed by atoms with Gasteiger partial charge in [0.25, 0.3) is 0 Å². The average molecular weight is 277 g/mol. The largest absolute Gasteiger partial charge is 0.487 e. The number of benzene rings is 2. The molecule has 0 heterocycles. The van der Waals surface area contributed by atoms with Crippen LogP contribution < -0.4 is 10.5 Å². The zero-order valence-corrected chi connectivity index (χ0v) is 10.6. The van der Waals surface area contributed by atoms with Gasteiger partial charge < -0.3 is 10.5 Å². The van der Waals surface area contributed by atoms with E-state index in [0.717, 1.165) is 0 Å². The molecular formula is C14H10ClFN2O. The number of ether oxygens (including phenoxy) is 1. The molecule has 2 aromatic rings. The molecule has 0 aliphatic carbocycles. The number of nitrogens with zero attached hydrogens (tertiary/aromatic N) is 1. The molecular weight excluding hydrogens is 267 g/mol. The summed E-state index contributed by atoms with van der Waals surface area (Å²) >= 11 is 5.96. The molecule has 0 atom stereocenters. The van der Waals surface area contributed by atoms with Gasteiger partial charge in [-0.05, 0) is 36.4 Å². The van der Waals surface area contributed by atoms with Gasteiger partial charge in [0.2, 0.25) is 0 Å². The summed E-state index contributed by atoms with van der Waals surface area (Å²) in [5.41, 5.74) is 6.93. The van der Waals surface area contributed by atoms with Crippen molar-refractivity contribution in [3.8, 4) is 11.8 Å². The molecule has 2 rings (SSSR count). The van der Waals surface area contributed by atoms with E-state index < -0.39 is 5.82 Å². The van der Waals surface area contributed by atoms with Crippen molar-refractivity contribution in [2.24, 2.45) is 0 Å². The van der Waals surface area contributed by atoms with Gasteiger partial charge in [-0.15, -0.1) is 0 Å².